The predicted octanol–water partition coefficient (Wildman–Crippen LogP) is 5.24. The molecule has 3 aromatic rings. The van der Waals surface area contributed by atoms with Crippen LogP contribution in [0.15, 0.2) is 65.6 Å². The number of nitrogens with one attached hydrogen (secondary N) is 1. The molecule has 0 heterocycles. The molecule has 0 radical (unpaired) electrons. The molecule has 0 saturated carbocycles. The number of amides is 1. The van der Waals surface area contributed by atoms with Crippen LogP contribution in [0.25, 0.3) is 0 Å². The van der Waals surface area contributed by atoms with Crippen molar-refractivity contribution in [1.82, 2.24) is 0 Å². The summed E-state index contributed by atoms with van der Waals surface area (Å²) in [5, 5.41) is 2.44. The van der Waals surface area contributed by atoms with E-state index in [9.17, 15) is 17.6 Å². The summed E-state index contributed by atoms with van der Waals surface area (Å²) in [6.45, 7) is 5.03. The van der Waals surface area contributed by atoms with Crippen LogP contribution in [0.2, 0.25) is 5.02 Å². The molecule has 0 aliphatic rings. The van der Waals surface area contributed by atoms with Crippen molar-refractivity contribution in [2.45, 2.75) is 25.7 Å². The Balaban J connectivity index is 1.99. The molecule has 0 spiro atoms. The van der Waals surface area contributed by atoms with Crippen LogP contribution >= 0.6 is 11.6 Å². The smallest absolute Gasteiger partial charge is 0.264 e. The van der Waals surface area contributed by atoms with Crippen LogP contribution in [0, 0.1) is 26.6 Å². The zero-order chi connectivity index (χ0) is 22.8. The van der Waals surface area contributed by atoms with Crippen LogP contribution in [0.4, 0.5) is 15.8 Å². The molecule has 1 N–H and O–H groups in total. The van der Waals surface area contributed by atoms with Crippen molar-refractivity contribution in [3.63, 3.8) is 0 Å². The lowest BCUT2D eigenvalue weighted by atomic mass is 10.1. The first-order chi connectivity index (χ1) is 14.6. The van der Waals surface area contributed by atoms with E-state index in [0.717, 1.165) is 21.5 Å². The minimum absolute atomic E-state index is 0.0802. The van der Waals surface area contributed by atoms with Gasteiger partial charge in [0.1, 0.15) is 12.4 Å². The summed E-state index contributed by atoms with van der Waals surface area (Å²) < 4.78 is 41.4. The van der Waals surface area contributed by atoms with E-state index in [1.54, 1.807) is 31.2 Å². The number of aryl methyl sites for hydroxylation is 3. The summed E-state index contributed by atoms with van der Waals surface area (Å²) >= 11 is 5.77. The number of carbonyl (C=O) groups is 1. The van der Waals surface area contributed by atoms with Gasteiger partial charge in [-0.05, 0) is 68.3 Å². The Labute approximate surface area is 186 Å². The first-order valence-corrected chi connectivity index (χ1v) is 11.3. The Morgan fingerprint density at radius 3 is 2.26 bits per heavy atom. The molecular weight excluding hydrogens is 439 g/mol. The zero-order valence-corrected chi connectivity index (χ0v) is 18.9. The van der Waals surface area contributed by atoms with E-state index in [0.29, 0.717) is 11.3 Å². The molecule has 3 aromatic carbocycles. The van der Waals surface area contributed by atoms with Gasteiger partial charge in [-0.3, -0.25) is 9.10 Å². The summed E-state index contributed by atoms with van der Waals surface area (Å²) in [5.74, 6) is -1.20. The number of hydrogen-bond acceptors (Lipinski definition) is 3. The second kappa shape index (κ2) is 9.08. The zero-order valence-electron chi connectivity index (χ0n) is 17.3. The topological polar surface area (TPSA) is 66.5 Å². The number of sulfonamides is 1. The molecule has 0 aromatic heterocycles. The summed E-state index contributed by atoms with van der Waals surface area (Å²) in [6.07, 6.45) is 0. The van der Waals surface area contributed by atoms with Gasteiger partial charge in [0, 0.05) is 5.69 Å². The second-order valence-electron chi connectivity index (χ2n) is 7.29. The number of anilines is 2. The third kappa shape index (κ3) is 5.24. The first-order valence-electron chi connectivity index (χ1n) is 9.49. The first kappa shape index (κ1) is 22.8. The molecule has 31 heavy (non-hydrogen) atoms. The number of halogens is 2. The van der Waals surface area contributed by atoms with Gasteiger partial charge >= 0.3 is 0 Å². The third-order valence-electron chi connectivity index (χ3n) is 4.73. The number of hydrogen-bond donors (Lipinski definition) is 1. The maximum absolute atomic E-state index is 13.5. The van der Waals surface area contributed by atoms with Gasteiger partial charge in [-0.2, -0.15) is 0 Å². The lowest BCUT2D eigenvalue weighted by Crippen LogP contribution is -2.38. The third-order valence-corrected chi connectivity index (χ3v) is 6.80. The molecular formula is C23H22ClFN2O3S. The quantitative estimate of drug-likeness (QED) is 0.547. The highest BCUT2D eigenvalue weighted by molar-refractivity contribution is 7.92. The standard InChI is InChI=1S/C23H22ClFN2O3S/c1-15-5-9-19(10-6-15)31(29,30)27(22-12-16(2)4-7-17(22)3)14-23(28)26-18-8-11-21(25)20(24)13-18/h4-13H,14H2,1-3H3,(H,26,28). The summed E-state index contributed by atoms with van der Waals surface area (Å²) in [7, 11) is -4.03. The normalized spacial score (nSPS) is 11.3. The number of rotatable bonds is 6. The van der Waals surface area contributed by atoms with Crippen molar-refractivity contribution >= 4 is 38.9 Å². The largest absolute Gasteiger partial charge is 0.324 e. The predicted molar refractivity (Wildman–Crippen MR) is 122 cm³/mol. The van der Waals surface area contributed by atoms with Crippen molar-refractivity contribution in [1.29, 1.82) is 0 Å². The lowest BCUT2D eigenvalue weighted by Gasteiger charge is -2.26. The highest BCUT2D eigenvalue weighted by Crippen LogP contribution is 2.28. The minimum Gasteiger partial charge on any atom is -0.324 e. The molecule has 0 unspecified atom stereocenters. The molecule has 8 heteroatoms. The van der Waals surface area contributed by atoms with Crippen LogP contribution < -0.4 is 9.62 Å². The Hall–Kier alpha value is -2.90. The molecule has 3 rings (SSSR count). The van der Waals surface area contributed by atoms with Crippen LogP contribution in [0.1, 0.15) is 16.7 Å². The average molecular weight is 461 g/mol. The summed E-state index contributed by atoms with van der Waals surface area (Å²) in [6, 6.07) is 15.6. The fourth-order valence-electron chi connectivity index (χ4n) is 3.03. The molecule has 0 saturated heterocycles. The van der Waals surface area contributed by atoms with Crippen molar-refractivity contribution in [2.75, 3.05) is 16.2 Å². The van der Waals surface area contributed by atoms with Crippen LogP contribution in [-0.4, -0.2) is 20.9 Å². The maximum atomic E-state index is 13.5. The van der Waals surface area contributed by atoms with Crippen LogP contribution in [0.3, 0.4) is 0 Å². The van der Waals surface area contributed by atoms with E-state index in [1.807, 2.05) is 19.9 Å². The Morgan fingerprint density at radius 1 is 0.968 bits per heavy atom. The van der Waals surface area contributed by atoms with E-state index < -0.39 is 28.3 Å². The molecule has 0 bridgehead atoms. The van der Waals surface area contributed by atoms with Gasteiger partial charge in [0.15, 0.2) is 0 Å². The van der Waals surface area contributed by atoms with Crippen LogP contribution in [0.5, 0.6) is 0 Å². The van der Waals surface area contributed by atoms with E-state index in [4.69, 9.17) is 11.6 Å². The van der Waals surface area contributed by atoms with Crippen molar-refractivity contribution < 1.29 is 17.6 Å². The number of nitrogens with zero attached hydrogens (tertiary/aromatic N) is 1. The van der Waals surface area contributed by atoms with Crippen molar-refractivity contribution in [3.05, 3.63) is 88.2 Å². The highest BCUT2D eigenvalue weighted by Gasteiger charge is 2.28. The average Bonchev–Trinajstić information content (AvgIpc) is 2.71. The van der Waals surface area contributed by atoms with E-state index in [2.05, 4.69) is 5.32 Å². The molecule has 5 nitrogen and oxygen atoms in total. The van der Waals surface area contributed by atoms with Gasteiger partial charge in [0.2, 0.25) is 5.91 Å². The van der Waals surface area contributed by atoms with Gasteiger partial charge in [0.05, 0.1) is 15.6 Å². The van der Waals surface area contributed by atoms with Crippen molar-refractivity contribution in [3.8, 4) is 0 Å². The minimum atomic E-state index is -4.03. The molecule has 0 aliphatic carbocycles. The summed E-state index contributed by atoms with van der Waals surface area (Å²) in [4.78, 5) is 12.8. The fraction of sp³-hybridized carbons (Fsp3) is 0.174. The van der Waals surface area contributed by atoms with E-state index >= 15 is 0 Å². The molecule has 1 amide bonds. The second-order valence-corrected chi connectivity index (χ2v) is 9.56. The molecule has 0 aliphatic heterocycles. The molecule has 0 fully saturated rings. The van der Waals surface area contributed by atoms with Gasteiger partial charge < -0.3 is 5.32 Å². The van der Waals surface area contributed by atoms with E-state index in [-0.39, 0.29) is 15.6 Å². The lowest BCUT2D eigenvalue weighted by molar-refractivity contribution is -0.114. The van der Waals surface area contributed by atoms with Gasteiger partial charge in [-0.15, -0.1) is 0 Å². The molecule has 0 atom stereocenters. The Morgan fingerprint density at radius 2 is 1.61 bits per heavy atom. The SMILES string of the molecule is Cc1ccc(S(=O)(=O)N(CC(=O)Nc2ccc(F)c(Cl)c2)c2cc(C)ccc2C)cc1. The highest BCUT2D eigenvalue weighted by atomic mass is 35.5. The summed E-state index contributed by atoms with van der Waals surface area (Å²) in [5.41, 5.74) is 3.16. The van der Waals surface area contributed by atoms with E-state index in [1.165, 1.54) is 24.3 Å². The maximum Gasteiger partial charge on any atom is 0.264 e. The number of benzene rings is 3. The molecule has 162 valence electrons. The number of carbonyl (C=O) groups excluding carboxylic acids is 1. The monoisotopic (exact) mass is 460 g/mol. The Kier molecular flexibility index (Phi) is 6.67. The fourth-order valence-corrected chi connectivity index (χ4v) is 4.69. The van der Waals surface area contributed by atoms with Gasteiger partial charge in [-0.1, -0.05) is 41.4 Å². The van der Waals surface area contributed by atoms with Crippen molar-refractivity contribution in [2.24, 2.45) is 0 Å². The Bertz CT molecular complexity index is 1230. The van der Waals surface area contributed by atoms with Gasteiger partial charge in [0.25, 0.3) is 10.0 Å². The van der Waals surface area contributed by atoms with Gasteiger partial charge in [-0.25, -0.2) is 12.8 Å². The van der Waals surface area contributed by atoms with Crippen LogP contribution in [-0.2, 0) is 14.8 Å².